The first kappa shape index (κ1) is 15.3. The molecule has 10 heteroatoms. The highest BCUT2D eigenvalue weighted by Crippen LogP contribution is 1.96. The maximum absolute atomic E-state index is 11.0. The van der Waals surface area contributed by atoms with Crippen LogP contribution in [0.1, 0.15) is 6.92 Å². The van der Waals surface area contributed by atoms with E-state index < -0.39 is 44.3 Å². The second-order valence-electron chi connectivity index (χ2n) is 2.62. The molecule has 0 aromatic rings. The quantitative estimate of drug-likeness (QED) is 0.348. The molecular formula is C6H12O8S2. The molecule has 16 heavy (non-hydrogen) atoms. The summed E-state index contributed by atoms with van der Waals surface area (Å²) in [5, 5.41) is 0. The van der Waals surface area contributed by atoms with Crippen LogP contribution in [0.4, 0.5) is 0 Å². The fourth-order valence-corrected chi connectivity index (χ4v) is 2.66. The molecule has 8 nitrogen and oxygen atoms in total. The topological polar surface area (TPSA) is 124 Å². The zero-order valence-electron chi connectivity index (χ0n) is 8.45. The molecular weight excluding hydrogens is 264 g/mol. The monoisotopic (exact) mass is 276 g/mol. The summed E-state index contributed by atoms with van der Waals surface area (Å²) < 4.78 is 59.3. The molecule has 96 valence electrons. The standard InChI is InChI=1S/C6H12O8S2/c1-2-13-6(7)5-14-16(11,12)4-3-15(8,9)10/h2-5H2,1H3,(H,8,9,10). The molecule has 0 atom stereocenters. The number of ether oxygens (including phenoxy) is 1. The fraction of sp³-hybridized carbons (Fsp3) is 0.833. The zero-order chi connectivity index (χ0) is 12.8. The van der Waals surface area contributed by atoms with Gasteiger partial charge in [0.05, 0.1) is 18.1 Å². The molecule has 0 saturated heterocycles. The van der Waals surface area contributed by atoms with Crippen molar-refractivity contribution in [1.82, 2.24) is 0 Å². The van der Waals surface area contributed by atoms with E-state index in [0.29, 0.717) is 0 Å². The highest BCUT2D eigenvalue weighted by molar-refractivity contribution is 7.90. The lowest BCUT2D eigenvalue weighted by Crippen LogP contribution is -2.22. The largest absolute Gasteiger partial charge is 0.464 e. The van der Waals surface area contributed by atoms with E-state index >= 15 is 0 Å². The zero-order valence-corrected chi connectivity index (χ0v) is 10.1. The van der Waals surface area contributed by atoms with Crippen molar-refractivity contribution in [1.29, 1.82) is 0 Å². The van der Waals surface area contributed by atoms with E-state index in [2.05, 4.69) is 8.92 Å². The van der Waals surface area contributed by atoms with Crippen LogP contribution in [-0.4, -0.2) is 52.1 Å². The Morgan fingerprint density at radius 1 is 1.19 bits per heavy atom. The van der Waals surface area contributed by atoms with Crippen molar-refractivity contribution in [3.05, 3.63) is 0 Å². The van der Waals surface area contributed by atoms with Crippen LogP contribution in [0.15, 0.2) is 0 Å². The van der Waals surface area contributed by atoms with E-state index in [4.69, 9.17) is 4.55 Å². The van der Waals surface area contributed by atoms with Crippen LogP contribution in [0, 0.1) is 0 Å². The van der Waals surface area contributed by atoms with Gasteiger partial charge in [0.25, 0.3) is 20.2 Å². The van der Waals surface area contributed by atoms with Gasteiger partial charge in [0.1, 0.15) is 0 Å². The Balaban J connectivity index is 4.12. The van der Waals surface area contributed by atoms with Crippen molar-refractivity contribution in [2.75, 3.05) is 24.7 Å². The van der Waals surface area contributed by atoms with Gasteiger partial charge in [-0.1, -0.05) is 0 Å². The number of carbonyl (C=O) groups excluding carboxylic acids is 1. The van der Waals surface area contributed by atoms with Crippen LogP contribution in [0.3, 0.4) is 0 Å². The summed E-state index contributed by atoms with van der Waals surface area (Å²) in [5.41, 5.74) is 0. The fourth-order valence-electron chi connectivity index (χ4n) is 0.607. The Morgan fingerprint density at radius 2 is 1.75 bits per heavy atom. The van der Waals surface area contributed by atoms with Crippen LogP contribution < -0.4 is 0 Å². The maximum atomic E-state index is 11.0. The van der Waals surface area contributed by atoms with Crippen LogP contribution >= 0.6 is 0 Å². The third kappa shape index (κ3) is 8.59. The number of carbonyl (C=O) groups is 1. The Hall–Kier alpha value is -0.710. The van der Waals surface area contributed by atoms with Crippen LogP contribution in [0.5, 0.6) is 0 Å². The summed E-state index contributed by atoms with van der Waals surface area (Å²) in [6.07, 6.45) is 0. The number of hydrogen-bond acceptors (Lipinski definition) is 7. The van der Waals surface area contributed by atoms with Crippen molar-refractivity contribution >= 4 is 26.2 Å². The minimum Gasteiger partial charge on any atom is -0.464 e. The average Bonchev–Trinajstić information content (AvgIpc) is 2.12. The molecule has 0 saturated carbocycles. The van der Waals surface area contributed by atoms with Gasteiger partial charge in [-0.3, -0.25) is 8.74 Å². The Labute approximate surface area is 93.4 Å². The van der Waals surface area contributed by atoms with Gasteiger partial charge in [-0.25, -0.2) is 4.79 Å². The second kappa shape index (κ2) is 6.13. The smallest absolute Gasteiger partial charge is 0.333 e. The third-order valence-corrected chi connectivity index (χ3v) is 3.41. The van der Waals surface area contributed by atoms with Crippen molar-refractivity contribution in [3.8, 4) is 0 Å². The predicted molar refractivity (Wildman–Crippen MR) is 52.8 cm³/mol. The molecule has 0 rings (SSSR count). The summed E-state index contributed by atoms with van der Waals surface area (Å²) in [6.45, 7) is 0.791. The normalized spacial score (nSPS) is 12.4. The van der Waals surface area contributed by atoms with Gasteiger partial charge in [-0.15, -0.1) is 0 Å². The Morgan fingerprint density at radius 3 is 2.19 bits per heavy atom. The van der Waals surface area contributed by atoms with Crippen molar-refractivity contribution in [3.63, 3.8) is 0 Å². The summed E-state index contributed by atoms with van der Waals surface area (Å²) in [6, 6.07) is 0. The number of hydrogen-bond donors (Lipinski definition) is 1. The number of esters is 1. The van der Waals surface area contributed by atoms with Crippen molar-refractivity contribution < 1.29 is 35.1 Å². The lowest BCUT2D eigenvalue weighted by atomic mass is 10.7. The third-order valence-electron chi connectivity index (χ3n) is 1.25. The minimum absolute atomic E-state index is 0.0766. The molecule has 0 bridgehead atoms. The molecule has 0 unspecified atom stereocenters. The molecule has 0 aliphatic rings. The first-order valence-electron chi connectivity index (χ1n) is 4.14. The molecule has 0 radical (unpaired) electrons. The van der Waals surface area contributed by atoms with Crippen LogP contribution in [0.2, 0.25) is 0 Å². The summed E-state index contributed by atoms with van der Waals surface area (Å²) in [4.78, 5) is 10.7. The average molecular weight is 276 g/mol. The van der Waals surface area contributed by atoms with Crippen LogP contribution in [0.25, 0.3) is 0 Å². The summed E-state index contributed by atoms with van der Waals surface area (Å²) >= 11 is 0. The second-order valence-corrected chi connectivity index (χ2v) is 5.95. The molecule has 0 amide bonds. The van der Waals surface area contributed by atoms with E-state index in [1.165, 1.54) is 6.92 Å². The molecule has 0 aromatic carbocycles. The molecule has 0 heterocycles. The van der Waals surface area contributed by atoms with Crippen molar-refractivity contribution in [2.24, 2.45) is 0 Å². The molecule has 0 aromatic heterocycles. The molecule has 0 aliphatic heterocycles. The van der Waals surface area contributed by atoms with Gasteiger partial charge in [0.2, 0.25) is 0 Å². The van der Waals surface area contributed by atoms with Gasteiger partial charge in [-0.2, -0.15) is 16.8 Å². The molecule has 1 N–H and O–H groups in total. The van der Waals surface area contributed by atoms with Gasteiger partial charge < -0.3 is 4.74 Å². The minimum atomic E-state index is -4.38. The molecule has 0 fully saturated rings. The maximum Gasteiger partial charge on any atom is 0.333 e. The van der Waals surface area contributed by atoms with E-state index in [-0.39, 0.29) is 6.61 Å². The summed E-state index contributed by atoms with van der Waals surface area (Å²) in [5.74, 6) is -2.79. The first-order valence-corrected chi connectivity index (χ1v) is 7.33. The summed E-state index contributed by atoms with van der Waals surface area (Å²) in [7, 11) is -8.55. The van der Waals surface area contributed by atoms with Gasteiger partial charge >= 0.3 is 5.97 Å². The van der Waals surface area contributed by atoms with E-state index in [1.54, 1.807) is 0 Å². The lowest BCUT2D eigenvalue weighted by Gasteiger charge is -2.04. The van der Waals surface area contributed by atoms with E-state index in [1.807, 2.05) is 0 Å². The van der Waals surface area contributed by atoms with E-state index in [9.17, 15) is 21.6 Å². The molecule has 0 aliphatic carbocycles. The van der Waals surface area contributed by atoms with Crippen molar-refractivity contribution in [2.45, 2.75) is 6.92 Å². The lowest BCUT2D eigenvalue weighted by molar-refractivity contribution is -0.145. The van der Waals surface area contributed by atoms with Gasteiger partial charge in [-0.05, 0) is 6.92 Å². The highest BCUT2D eigenvalue weighted by atomic mass is 32.2. The van der Waals surface area contributed by atoms with Gasteiger partial charge in [0.15, 0.2) is 6.61 Å². The first-order chi connectivity index (χ1) is 7.16. The molecule has 0 spiro atoms. The SMILES string of the molecule is CCOC(=O)COS(=O)(=O)CCS(=O)(=O)O. The Bertz CT molecular complexity index is 419. The Kier molecular flexibility index (Phi) is 5.86. The number of rotatable bonds is 7. The van der Waals surface area contributed by atoms with E-state index in [0.717, 1.165) is 0 Å². The predicted octanol–water partition coefficient (Wildman–Crippen LogP) is -1.22. The van der Waals surface area contributed by atoms with Gasteiger partial charge in [0, 0.05) is 0 Å². The highest BCUT2D eigenvalue weighted by Gasteiger charge is 2.18. The van der Waals surface area contributed by atoms with Crippen LogP contribution in [-0.2, 0) is 34.0 Å².